The summed E-state index contributed by atoms with van der Waals surface area (Å²) >= 11 is 0. The quantitative estimate of drug-likeness (QED) is 0.688. The van der Waals surface area contributed by atoms with Gasteiger partial charge in [0.1, 0.15) is 0 Å². The number of aromatic nitrogens is 2. The van der Waals surface area contributed by atoms with E-state index in [1.807, 2.05) is 0 Å². The third-order valence-corrected chi connectivity index (χ3v) is 1.96. The van der Waals surface area contributed by atoms with Gasteiger partial charge in [0.05, 0.1) is 5.69 Å². The molecule has 6 heteroatoms. The normalized spacial score (nSPS) is 11.8. The lowest BCUT2D eigenvalue weighted by Gasteiger charge is -2.02. The third kappa shape index (κ3) is 1.91. The van der Waals surface area contributed by atoms with Gasteiger partial charge in [-0.05, 0) is 12.1 Å². The minimum atomic E-state index is -4.64. The van der Waals surface area contributed by atoms with Crippen LogP contribution in [0.1, 0.15) is 5.69 Å². The van der Waals surface area contributed by atoms with Crippen molar-refractivity contribution in [2.24, 2.45) is 0 Å². The molecule has 84 valence electrons. The summed E-state index contributed by atoms with van der Waals surface area (Å²) in [5.41, 5.74) is -0.996. The maximum Gasteiger partial charge on any atom is 0.435 e. The molecule has 0 radical (unpaired) electrons. The largest absolute Gasteiger partial charge is 0.435 e. The van der Waals surface area contributed by atoms with E-state index in [1.165, 1.54) is 12.1 Å². The van der Waals surface area contributed by atoms with Crippen molar-refractivity contribution in [1.29, 1.82) is 0 Å². The highest BCUT2D eigenvalue weighted by Gasteiger charge is 2.35. The van der Waals surface area contributed by atoms with Crippen LogP contribution < -0.4 is 0 Å². The Morgan fingerprint density at radius 3 is 2.19 bits per heavy atom. The predicted octanol–water partition coefficient (Wildman–Crippen LogP) is 3.03. The van der Waals surface area contributed by atoms with Gasteiger partial charge in [0.2, 0.25) is 5.95 Å². The Kier molecular flexibility index (Phi) is 2.41. The average Bonchev–Trinajstić information content (AvgIpc) is 2.61. The molecule has 0 atom stereocenters. The first-order chi connectivity index (χ1) is 7.48. The van der Waals surface area contributed by atoms with Crippen molar-refractivity contribution in [1.82, 2.24) is 9.78 Å². The van der Waals surface area contributed by atoms with Gasteiger partial charge in [-0.1, -0.05) is 18.2 Å². The van der Waals surface area contributed by atoms with Crippen molar-refractivity contribution in [3.05, 3.63) is 48.0 Å². The zero-order valence-corrected chi connectivity index (χ0v) is 7.87. The summed E-state index contributed by atoms with van der Waals surface area (Å²) in [5, 5.41) is 3.17. The van der Waals surface area contributed by atoms with Crippen molar-refractivity contribution >= 4 is 0 Å². The maximum atomic E-state index is 13.2. The van der Waals surface area contributed by atoms with Gasteiger partial charge in [-0.25, -0.2) is 4.68 Å². The number of hydrogen-bond donors (Lipinski definition) is 0. The topological polar surface area (TPSA) is 17.8 Å². The molecular formula is C10H6F4N2. The number of alkyl halides is 3. The first-order valence-electron chi connectivity index (χ1n) is 4.36. The van der Waals surface area contributed by atoms with Crippen molar-refractivity contribution in [2.45, 2.75) is 6.18 Å². The van der Waals surface area contributed by atoms with Crippen LogP contribution >= 0.6 is 0 Å². The molecule has 0 saturated heterocycles. The van der Waals surface area contributed by atoms with Crippen LogP contribution in [-0.4, -0.2) is 9.78 Å². The molecule has 0 amide bonds. The minimum absolute atomic E-state index is 0.246. The summed E-state index contributed by atoms with van der Waals surface area (Å²) < 4.78 is 50.6. The van der Waals surface area contributed by atoms with Gasteiger partial charge in [0.15, 0.2) is 5.69 Å². The van der Waals surface area contributed by atoms with E-state index in [-0.39, 0.29) is 5.69 Å². The molecule has 2 nitrogen and oxygen atoms in total. The van der Waals surface area contributed by atoms with Crippen LogP contribution in [-0.2, 0) is 6.18 Å². The van der Waals surface area contributed by atoms with E-state index >= 15 is 0 Å². The molecule has 0 aliphatic rings. The first kappa shape index (κ1) is 10.7. The van der Waals surface area contributed by atoms with Crippen LogP contribution in [0, 0.1) is 5.95 Å². The van der Waals surface area contributed by atoms with E-state index in [1.54, 1.807) is 18.2 Å². The van der Waals surface area contributed by atoms with Crippen LogP contribution in [0.5, 0.6) is 0 Å². The van der Waals surface area contributed by atoms with Crippen molar-refractivity contribution in [2.75, 3.05) is 0 Å². The molecule has 0 aliphatic heterocycles. The molecule has 2 aromatic rings. The van der Waals surface area contributed by atoms with Crippen LogP contribution in [0.2, 0.25) is 0 Å². The number of para-hydroxylation sites is 1. The van der Waals surface area contributed by atoms with Gasteiger partial charge in [-0.3, -0.25) is 0 Å². The summed E-state index contributed by atoms with van der Waals surface area (Å²) in [6, 6.07) is 8.16. The van der Waals surface area contributed by atoms with Crippen LogP contribution in [0.3, 0.4) is 0 Å². The van der Waals surface area contributed by atoms with E-state index in [4.69, 9.17) is 0 Å². The molecule has 0 spiro atoms. The fourth-order valence-corrected chi connectivity index (χ4v) is 1.25. The van der Waals surface area contributed by atoms with Crippen LogP contribution in [0.4, 0.5) is 17.6 Å². The first-order valence-corrected chi connectivity index (χ1v) is 4.36. The standard InChI is InChI=1S/C10H6F4N2/c11-9-6-8(10(12,13)14)15-16(9)7-4-2-1-3-5-7/h1-6H. The van der Waals surface area contributed by atoms with Crippen molar-refractivity contribution in [3.63, 3.8) is 0 Å². The molecule has 2 rings (SSSR count). The van der Waals surface area contributed by atoms with Gasteiger partial charge >= 0.3 is 6.18 Å². The molecule has 0 unspecified atom stereocenters. The van der Waals surface area contributed by atoms with Crippen LogP contribution in [0.15, 0.2) is 36.4 Å². The van der Waals surface area contributed by atoms with Gasteiger partial charge in [0, 0.05) is 6.07 Å². The minimum Gasteiger partial charge on any atom is -0.206 e. The molecule has 16 heavy (non-hydrogen) atoms. The number of rotatable bonds is 1. The molecule has 0 fully saturated rings. The summed E-state index contributed by atoms with van der Waals surface area (Å²) in [6.07, 6.45) is -4.64. The van der Waals surface area contributed by atoms with Crippen molar-refractivity contribution < 1.29 is 17.6 Å². The highest BCUT2D eigenvalue weighted by atomic mass is 19.4. The molecule has 1 aromatic carbocycles. The van der Waals surface area contributed by atoms with E-state index in [2.05, 4.69) is 5.10 Å². The molecule has 1 heterocycles. The maximum absolute atomic E-state index is 13.2. The number of nitrogens with zero attached hydrogens (tertiary/aromatic N) is 2. The average molecular weight is 230 g/mol. The van der Waals surface area contributed by atoms with E-state index < -0.39 is 17.8 Å². The number of hydrogen-bond acceptors (Lipinski definition) is 1. The molecule has 0 saturated carbocycles. The third-order valence-electron chi connectivity index (χ3n) is 1.96. The summed E-state index contributed by atoms with van der Waals surface area (Å²) in [4.78, 5) is 0. The number of benzene rings is 1. The van der Waals surface area contributed by atoms with Gasteiger partial charge in [-0.2, -0.15) is 22.7 Å². The Labute approximate surface area is 88.1 Å². The Bertz CT molecular complexity index is 487. The highest BCUT2D eigenvalue weighted by Crippen LogP contribution is 2.28. The van der Waals surface area contributed by atoms with E-state index in [0.29, 0.717) is 10.7 Å². The molecule has 0 aliphatic carbocycles. The summed E-state index contributed by atoms with van der Waals surface area (Å²) in [7, 11) is 0. The summed E-state index contributed by atoms with van der Waals surface area (Å²) in [5.74, 6) is -1.04. The monoisotopic (exact) mass is 230 g/mol. The van der Waals surface area contributed by atoms with Crippen LogP contribution in [0.25, 0.3) is 5.69 Å². The molecule has 1 aromatic heterocycles. The van der Waals surface area contributed by atoms with Gasteiger partial charge in [-0.15, -0.1) is 0 Å². The molecule has 0 N–H and O–H groups in total. The Balaban J connectivity index is 2.48. The zero-order valence-electron chi connectivity index (χ0n) is 7.87. The second-order valence-corrected chi connectivity index (χ2v) is 3.10. The second kappa shape index (κ2) is 3.62. The van der Waals surface area contributed by atoms with E-state index in [0.717, 1.165) is 0 Å². The highest BCUT2D eigenvalue weighted by molar-refractivity contribution is 5.31. The van der Waals surface area contributed by atoms with E-state index in [9.17, 15) is 17.6 Å². The number of halogens is 4. The second-order valence-electron chi connectivity index (χ2n) is 3.10. The SMILES string of the molecule is Fc1cc(C(F)(F)F)nn1-c1ccccc1. The van der Waals surface area contributed by atoms with Gasteiger partial charge in [0.25, 0.3) is 0 Å². The fraction of sp³-hybridized carbons (Fsp3) is 0.100. The molecule has 0 bridgehead atoms. The fourth-order valence-electron chi connectivity index (χ4n) is 1.25. The lowest BCUT2D eigenvalue weighted by molar-refractivity contribution is -0.141. The Hall–Kier alpha value is -1.85. The predicted molar refractivity (Wildman–Crippen MR) is 48.5 cm³/mol. The zero-order chi connectivity index (χ0) is 11.8. The van der Waals surface area contributed by atoms with Gasteiger partial charge < -0.3 is 0 Å². The molecular weight excluding hydrogens is 224 g/mol. The Morgan fingerprint density at radius 1 is 1.06 bits per heavy atom. The Morgan fingerprint density at radius 2 is 1.69 bits per heavy atom. The summed E-state index contributed by atoms with van der Waals surface area (Å²) in [6.45, 7) is 0. The smallest absolute Gasteiger partial charge is 0.206 e. The van der Waals surface area contributed by atoms with Crippen molar-refractivity contribution in [3.8, 4) is 5.69 Å². The lowest BCUT2D eigenvalue weighted by Crippen LogP contribution is -2.07. The lowest BCUT2D eigenvalue weighted by atomic mass is 10.3.